The molecule has 0 bridgehead atoms. The van der Waals surface area contributed by atoms with Gasteiger partial charge in [0.15, 0.2) is 0 Å². The van der Waals surface area contributed by atoms with Crippen LogP contribution in [0.25, 0.3) is 0 Å². The Bertz CT molecular complexity index is 931. The van der Waals surface area contributed by atoms with E-state index < -0.39 is 0 Å². The second-order valence-corrected chi connectivity index (χ2v) is 8.23. The molecule has 1 aliphatic carbocycles. The Morgan fingerprint density at radius 3 is 2.60 bits per heavy atom. The van der Waals surface area contributed by atoms with Crippen molar-refractivity contribution in [3.8, 4) is 5.75 Å². The van der Waals surface area contributed by atoms with Crippen molar-refractivity contribution in [3.63, 3.8) is 0 Å². The summed E-state index contributed by atoms with van der Waals surface area (Å²) in [7, 11) is 2.11. The van der Waals surface area contributed by atoms with Crippen molar-refractivity contribution in [3.05, 3.63) is 64.0 Å². The summed E-state index contributed by atoms with van der Waals surface area (Å²) in [5.74, 6) is 0.489. The van der Waals surface area contributed by atoms with E-state index in [1.807, 2.05) is 32.9 Å². The highest BCUT2D eigenvalue weighted by atomic mass is 32.1. The van der Waals surface area contributed by atoms with E-state index in [-0.39, 0.29) is 22.8 Å². The molecule has 0 heterocycles. The number of hydrogen-bond acceptors (Lipinski definition) is 3. The average Bonchev–Trinajstić information content (AvgIpc) is 2.80. The van der Waals surface area contributed by atoms with Gasteiger partial charge in [0, 0.05) is 12.1 Å². The largest absolute Gasteiger partial charge is 0.430 e. The Kier molecular flexibility index (Phi) is 8.50. The molecule has 1 aliphatic rings. The lowest BCUT2D eigenvalue weighted by atomic mass is 10.0. The van der Waals surface area contributed by atoms with Gasteiger partial charge in [-0.25, -0.2) is 4.39 Å². The number of benzene rings is 1. The van der Waals surface area contributed by atoms with Gasteiger partial charge in [0.2, 0.25) is 0 Å². The van der Waals surface area contributed by atoms with Crippen LogP contribution in [-0.2, 0) is 6.42 Å². The standard InChI is InChI=1S/C24H32FN3OS/c1-7-28(6)9-8-19-11-18(5)22(13-17(19)4)29-24(30)27-23(26)20-10-15(2)16(3)12-21(25)14-20/h10-15H,7-9H2,1-6H3,(H2,26,27,30). The van der Waals surface area contributed by atoms with Gasteiger partial charge in [-0.3, -0.25) is 0 Å². The van der Waals surface area contributed by atoms with Gasteiger partial charge in [-0.2, -0.15) is 4.99 Å². The molecule has 0 aliphatic heterocycles. The predicted molar refractivity (Wildman–Crippen MR) is 128 cm³/mol. The van der Waals surface area contributed by atoms with Gasteiger partial charge < -0.3 is 15.4 Å². The van der Waals surface area contributed by atoms with E-state index in [2.05, 4.69) is 36.9 Å². The van der Waals surface area contributed by atoms with Gasteiger partial charge in [0.05, 0.1) is 0 Å². The minimum atomic E-state index is -0.358. The van der Waals surface area contributed by atoms with E-state index in [4.69, 9.17) is 22.7 Å². The van der Waals surface area contributed by atoms with Gasteiger partial charge >= 0.3 is 0 Å². The summed E-state index contributed by atoms with van der Waals surface area (Å²) in [5.41, 5.74) is 10.9. The third-order valence-corrected chi connectivity index (χ3v) is 5.62. The molecule has 1 unspecified atom stereocenters. The quantitative estimate of drug-likeness (QED) is 0.384. The van der Waals surface area contributed by atoms with Crippen LogP contribution < -0.4 is 10.5 Å². The number of aryl methyl sites for hydroxylation is 2. The van der Waals surface area contributed by atoms with Gasteiger partial charge in [-0.15, -0.1) is 0 Å². The molecular formula is C24H32FN3OS. The number of rotatable bonds is 6. The molecule has 30 heavy (non-hydrogen) atoms. The molecule has 0 fully saturated rings. The SMILES string of the molecule is CCN(C)CCc1cc(C)c(OC(=S)N=C(N)C2=CC(C)C(C)=CC(F)=C2)cc1C. The molecule has 0 aromatic heterocycles. The fourth-order valence-electron chi connectivity index (χ4n) is 3.13. The Morgan fingerprint density at radius 2 is 1.93 bits per heavy atom. The molecule has 0 radical (unpaired) electrons. The van der Waals surface area contributed by atoms with Crippen molar-refractivity contribution in [2.75, 3.05) is 20.1 Å². The third-order valence-electron chi connectivity index (χ3n) is 5.45. The molecule has 2 N–H and O–H groups in total. The van der Waals surface area contributed by atoms with Crippen molar-refractivity contribution in [2.24, 2.45) is 16.6 Å². The number of ether oxygens (including phenoxy) is 1. The summed E-state index contributed by atoms with van der Waals surface area (Å²) < 4.78 is 19.8. The molecular weight excluding hydrogens is 397 g/mol. The zero-order chi connectivity index (χ0) is 22.4. The lowest BCUT2D eigenvalue weighted by Crippen LogP contribution is -2.20. The maximum absolute atomic E-state index is 14.0. The molecule has 0 amide bonds. The minimum Gasteiger partial charge on any atom is -0.430 e. The van der Waals surface area contributed by atoms with Gasteiger partial charge in [0.25, 0.3) is 5.17 Å². The van der Waals surface area contributed by atoms with Crippen molar-refractivity contribution in [1.29, 1.82) is 0 Å². The number of halogens is 1. The van der Waals surface area contributed by atoms with Crippen molar-refractivity contribution < 1.29 is 9.13 Å². The minimum absolute atomic E-state index is 0.00440. The summed E-state index contributed by atoms with van der Waals surface area (Å²) in [5, 5.41) is 0.00440. The molecule has 162 valence electrons. The Hall–Kier alpha value is -2.31. The number of nitrogens with two attached hydrogens (primary N) is 1. The van der Waals surface area contributed by atoms with E-state index in [0.29, 0.717) is 11.3 Å². The molecule has 0 saturated carbocycles. The molecule has 1 aromatic rings. The van der Waals surface area contributed by atoms with Crippen LogP contribution in [0.5, 0.6) is 5.75 Å². The summed E-state index contributed by atoms with van der Waals surface area (Å²) in [6.45, 7) is 12.1. The number of nitrogens with zero attached hydrogens (tertiary/aromatic N) is 2. The predicted octanol–water partition coefficient (Wildman–Crippen LogP) is 5.19. The molecule has 2 rings (SSSR count). The first-order chi connectivity index (χ1) is 14.1. The highest BCUT2D eigenvalue weighted by Gasteiger charge is 2.13. The van der Waals surface area contributed by atoms with E-state index in [9.17, 15) is 4.39 Å². The maximum atomic E-state index is 14.0. The lowest BCUT2D eigenvalue weighted by Gasteiger charge is -2.16. The summed E-state index contributed by atoms with van der Waals surface area (Å²) >= 11 is 5.28. The van der Waals surface area contributed by atoms with Crippen LogP contribution in [0, 0.1) is 19.8 Å². The zero-order valence-electron chi connectivity index (χ0n) is 18.8. The number of thiocarbonyl (C=S) groups is 1. The average molecular weight is 430 g/mol. The van der Waals surface area contributed by atoms with Gasteiger partial charge in [0.1, 0.15) is 17.4 Å². The number of allylic oxidation sites excluding steroid dienone is 4. The molecule has 6 heteroatoms. The van der Waals surface area contributed by atoms with E-state index >= 15 is 0 Å². The fraction of sp³-hybridized carbons (Fsp3) is 0.417. The normalized spacial score (nSPS) is 17.3. The van der Waals surface area contributed by atoms with Crippen LogP contribution in [-0.4, -0.2) is 36.0 Å². The second-order valence-electron chi connectivity index (χ2n) is 7.88. The molecule has 1 atom stereocenters. The van der Waals surface area contributed by atoms with Crippen LogP contribution in [0.2, 0.25) is 0 Å². The van der Waals surface area contributed by atoms with Crippen LogP contribution in [0.3, 0.4) is 0 Å². The van der Waals surface area contributed by atoms with E-state index in [1.165, 1.54) is 17.7 Å². The maximum Gasteiger partial charge on any atom is 0.290 e. The Labute approximate surface area is 185 Å². The molecule has 1 aromatic carbocycles. The fourth-order valence-corrected chi connectivity index (χ4v) is 3.31. The second kappa shape index (κ2) is 10.6. The lowest BCUT2D eigenvalue weighted by molar-refractivity contribution is 0.357. The summed E-state index contributed by atoms with van der Waals surface area (Å²) in [4.78, 5) is 6.47. The topological polar surface area (TPSA) is 50.8 Å². The number of likely N-dealkylation sites (N-methyl/N-ethyl adjacent to an activating group) is 1. The van der Waals surface area contributed by atoms with Crippen LogP contribution in [0.4, 0.5) is 4.39 Å². The highest BCUT2D eigenvalue weighted by Crippen LogP contribution is 2.25. The van der Waals surface area contributed by atoms with Crippen molar-refractivity contribution in [2.45, 2.75) is 41.0 Å². The summed E-state index contributed by atoms with van der Waals surface area (Å²) in [6, 6.07) is 4.11. The molecule has 0 spiro atoms. The zero-order valence-corrected chi connectivity index (χ0v) is 19.6. The van der Waals surface area contributed by atoms with Crippen molar-refractivity contribution >= 4 is 23.2 Å². The van der Waals surface area contributed by atoms with Gasteiger partial charge in [-0.1, -0.05) is 31.6 Å². The molecule has 4 nitrogen and oxygen atoms in total. The first-order valence-corrected chi connectivity index (χ1v) is 10.6. The molecule has 0 saturated heterocycles. The van der Waals surface area contributed by atoms with E-state index in [1.54, 1.807) is 0 Å². The first kappa shape index (κ1) is 24.0. The van der Waals surface area contributed by atoms with Crippen LogP contribution >= 0.6 is 12.2 Å². The third kappa shape index (κ3) is 6.61. The Morgan fingerprint density at radius 1 is 1.23 bits per heavy atom. The van der Waals surface area contributed by atoms with Crippen LogP contribution in [0.1, 0.15) is 37.5 Å². The van der Waals surface area contributed by atoms with Crippen molar-refractivity contribution in [1.82, 2.24) is 4.90 Å². The first-order valence-electron chi connectivity index (χ1n) is 10.2. The monoisotopic (exact) mass is 429 g/mol. The Balaban J connectivity index is 2.15. The number of aliphatic imine (C=N–C) groups is 1. The van der Waals surface area contributed by atoms with Crippen LogP contribution in [0.15, 0.2) is 52.3 Å². The smallest absolute Gasteiger partial charge is 0.290 e. The van der Waals surface area contributed by atoms with Gasteiger partial charge in [-0.05, 0) is 93.8 Å². The highest BCUT2D eigenvalue weighted by molar-refractivity contribution is 7.80. The number of hydrogen-bond donors (Lipinski definition) is 1. The van der Waals surface area contributed by atoms with E-state index in [0.717, 1.165) is 36.2 Å². The number of amidine groups is 1. The summed E-state index contributed by atoms with van der Waals surface area (Å²) in [6.07, 6.45) is 5.72.